The Morgan fingerprint density at radius 1 is 0.875 bits per heavy atom. The van der Waals surface area contributed by atoms with Gasteiger partial charge in [0.1, 0.15) is 16.5 Å². The van der Waals surface area contributed by atoms with Crippen LogP contribution in [0.1, 0.15) is 11.1 Å². The highest BCUT2D eigenvalue weighted by Crippen LogP contribution is 2.31. The maximum atomic E-state index is 13.6. The highest BCUT2D eigenvalue weighted by atomic mass is 32.2. The van der Waals surface area contributed by atoms with E-state index in [4.69, 9.17) is 4.74 Å². The highest BCUT2D eigenvalue weighted by Gasteiger charge is 2.16. The van der Waals surface area contributed by atoms with Crippen LogP contribution >= 0.6 is 0 Å². The molecule has 1 aromatic heterocycles. The van der Waals surface area contributed by atoms with E-state index in [-0.39, 0.29) is 11.3 Å². The maximum absolute atomic E-state index is 13.6. The first-order valence-electron chi connectivity index (χ1n) is 10.0. The van der Waals surface area contributed by atoms with E-state index in [9.17, 15) is 13.2 Å². The lowest BCUT2D eigenvalue weighted by molar-refractivity contribution is 0.415. The minimum Gasteiger partial charge on any atom is -0.497 e. The average molecular weight is 447 g/mol. The van der Waals surface area contributed by atoms with Gasteiger partial charge in [0.25, 0.3) is 5.56 Å². The quantitative estimate of drug-likeness (QED) is 0.438. The van der Waals surface area contributed by atoms with Gasteiger partial charge in [0.2, 0.25) is 0 Å². The monoisotopic (exact) mass is 446 g/mol. The molecule has 1 heterocycles. The van der Waals surface area contributed by atoms with Crippen LogP contribution in [0, 0.1) is 0 Å². The molecule has 0 aliphatic rings. The lowest BCUT2D eigenvalue weighted by Crippen LogP contribution is -2.25. The maximum Gasteiger partial charge on any atom is 0.275 e. The van der Waals surface area contributed by atoms with Gasteiger partial charge in [-0.3, -0.25) is 4.79 Å². The fraction of sp³-hybridized carbons (Fsp3) is 0.120. The molecular formula is C25H22N2O4S. The molecule has 0 spiro atoms. The van der Waals surface area contributed by atoms with Crippen molar-refractivity contribution in [3.8, 4) is 28.0 Å². The first-order valence-corrected chi connectivity index (χ1v) is 11.4. The van der Waals surface area contributed by atoms with Crippen LogP contribution in [0.5, 0.6) is 5.75 Å². The van der Waals surface area contributed by atoms with Gasteiger partial charge in [-0.05, 0) is 34.4 Å². The third kappa shape index (κ3) is 4.78. The van der Waals surface area contributed by atoms with Gasteiger partial charge in [0.15, 0.2) is 0 Å². The van der Waals surface area contributed by atoms with Gasteiger partial charge in [0.05, 0.1) is 31.2 Å². The molecule has 0 bridgehead atoms. The van der Waals surface area contributed by atoms with Gasteiger partial charge in [0, 0.05) is 5.56 Å². The van der Waals surface area contributed by atoms with E-state index >= 15 is 0 Å². The average Bonchev–Trinajstić information content (AvgIpc) is 2.81. The molecule has 0 radical (unpaired) electrons. The number of aromatic nitrogens is 2. The SMILES string of the molecule is COc1cccc(-c2c(-c3ccc(C[SH](=O)=O)cc3)cnn(Cc3ccccc3)c2=O)c1. The van der Waals surface area contributed by atoms with E-state index in [0.717, 1.165) is 16.7 Å². The van der Waals surface area contributed by atoms with Crippen LogP contribution in [-0.4, -0.2) is 25.3 Å². The van der Waals surface area contributed by atoms with Gasteiger partial charge in [-0.2, -0.15) is 5.10 Å². The second kappa shape index (κ2) is 9.62. The van der Waals surface area contributed by atoms with Crippen LogP contribution in [0.25, 0.3) is 22.3 Å². The number of hydrogen-bond donors (Lipinski definition) is 1. The lowest BCUT2D eigenvalue weighted by Gasteiger charge is -2.14. The third-order valence-corrected chi connectivity index (χ3v) is 5.78. The molecule has 0 saturated heterocycles. The summed E-state index contributed by atoms with van der Waals surface area (Å²) >= 11 is 0. The van der Waals surface area contributed by atoms with Crippen molar-refractivity contribution in [2.24, 2.45) is 0 Å². The first kappa shape index (κ1) is 21.5. The Balaban J connectivity index is 1.85. The standard InChI is InChI=1S/C25H22N2O4S/c1-31-22-9-5-8-21(14-22)24-23(20-12-10-19(11-13-20)17-32(29)30)15-26-27(25(24)28)16-18-6-3-2-4-7-18/h2-15,32H,16-17H2,1H3. The van der Waals surface area contributed by atoms with Crippen molar-refractivity contribution in [3.63, 3.8) is 0 Å². The zero-order valence-corrected chi connectivity index (χ0v) is 18.4. The summed E-state index contributed by atoms with van der Waals surface area (Å²) in [4.78, 5) is 13.6. The smallest absolute Gasteiger partial charge is 0.275 e. The van der Waals surface area contributed by atoms with Crippen LogP contribution in [0.3, 0.4) is 0 Å². The fourth-order valence-corrected chi connectivity index (χ4v) is 4.08. The second-order valence-corrected chi connectivity index (χ2v) is 8.28. The minimum absolute atomic E-state index is 0.0186. The summed E-state index contributed by atoms with van der Waals surface area (Å²) in [6.07, 6.45) is 1.68. The van der Waals surface area contributed by atoms with E-state index in [1.54, 1.807) is 25.4 Å². The first-order chi connectivity index (χ1) is 15.5. The minimum atomic E-state index is -2.50. The summed E-state index contributed by atoms with van der Waals surface area (Å²) < 4.78 is 28.9. The van der Waals surface area contributed by atoms with E-state index in [0.29, 0.717) is 29.0 Å². The molecule has 0 unspecified atom stereocenters. The summed E-state index contributed by atoms with van der Waals surface area (Å²) in [6, 6.07) is 24.2. The molecule has 6 nitrogen and oxygen atoms in total. The largest absolute Gasteiger partial charge is 0.497 e. The van der Waals surface area contributed by atoms with Gasteiger partial charge in [-0.15, -0.1) is 0 Å². The van der Waals surface area contributed by atoms with Crippen molar-refractivity contribution in [2.75, 3.05) is 7.11 Å². The number of thiol groups is 1. The van der Waals surface area contributed by atoms with Crippen molar-refractivity contribution in [1.29, 1.82) is 0 Å². The van der Waals surface area contributed by atoms with E-state index in [2.05, 4.69) is 5.10 Å². The van der Waals surface area contributed by atoms with Crippen LogP contribution in [0.2, 0.25) is 0 Å². The fourth-order valence-electron chi connectivity index (χ4n) is 3.57. The molecule has 7 heteroatoms. The molecule has 3 aromatic carbocycles. The van der Waals surface area contributed by atoms with Gasteiger partial charge in [-0.1, -0.05) is 66.7 Å². The van der Waals surface area contributed by atoms with Crippen molar-refractivity contribution >= 4 is 10.7 Å². The van der Waals surface area contributed by atoms with Crippen molar-refractivity contribution in [3.05, 3.63) is 107 Å². The lowest BCUT2D eigenvalue weighted by atomic mass is 9.96. The number of ether oxygens (including phenoxy) is 1. The zero-order chi connectivity index (χ0) is 22.5. The summed E-state index contributed by atoms with van der Waals surface area (Å²) in [6.45, 7) is 0.354. The van der Waals surface area contributed by atoms with Crippen LogP contribution < -0.4 is 10.3 Å². The molecule has 0 aliphatic heterocycles. The summed E-state index contributed by atoms with van der Waals surface area (Å²) in [5.74, 6) is 0.629. The summed E-state index contributed by atoms with van der Waals surface area (Å²) in [5, 5.41) is 4.43. The van der Waals surface area contributed by atoms with Gasteiger partial charge in [-0.25, -0.2) is 13.1 Å². The highest BCUT2D eigenvalue weighted by molar-refractivity contribution is 7.71. The molecule has 0 aliphatic carbocycles. The summed E-state index contributed by atoms with van der Waals surface area (Å²) in [5.41, 5.74) is 4.14. The van der Waals surface area contributed by atoms with Gasteiger partial charge >= 0.3 is 0 Å². The Morgan fingerprint density at radius 2 is 1.62 bits per heavy atom. The normalized spacial score (nSPS) is 10.9. The number of hydrogen-bond acceptors (Lipinski definition) is 5. The Kier molecular flexibility index (Phi) is 6.47. The Hall–Kier alpha value is -3.71. The molecule has 0 atom stereocenters. The van der Waals surface area contributed by atoms with Crippen molar-refractivity contribution < 1.29 is 13.2 Å². The van der Waals surface area contributed by atoms with E-state index < -0.39 is 10.7 Å². The van der Waals surface area contributed by atoms with Crippen molar-refractivity contribution in [2.45, 2.75) is 12.3 Å². The molecular weight excluding hydrogens is 424 g/mol. The van der Waals surface area contributed by atoms with Crippen LogP contribution in [-0.2, 0) is 23.0 Å². The van der Waals surface area contributed by atoms with Crippen molar-refractivity contribution in [1.82, 2.24) is 9.78 Å². The number of rotatable bonds is 7. The molecule has 0 N–H and O–H groups in total. The topological polar surface area (TPSA) is 78.3 Å². The molecule has 162 valence electrons. The Labute approximate surface area is 187 Å². The van der Waals surface area contributed by atoms with Gasteiger partial charge < -0.3 is 4.74 Å². The predicted octanol–water partition coefficient (Wildman–Crippen LogP) is 3.75. The molecule has 32 heavy (non-hydrogen) atoms. The van der Waals surface area contributed by atoms with Crippen LogP contribution in [0.15, 0.2) is 89.9 Å². The zero-order valence-electron chi connectivity index (χ0n) is 17.5. The van der Waals surface area contributed by atoms with E-state index in [1.165, 1.54) is 4.68 Å². The number of nitrogens with zero attached hydrogens (tertiary/aromatic N) is 2. The number of methoxy groups -OCH3 is 1. The predicted molar refractivity (Wildman–Crippen MR) is 125 cm³/mol. The third-order valence-electron chi connectivity index (χ3n) is 5.15. The molecule has 4 rings (SSSR count). The van der Waals surface area contributed by atoms with Crippen LogP contribution in [0.4, 0.5) is 0 Å². The van der Waals surface area contributed by atoms with E-state index in [1.807, 2.05) is 66.7 Å². The molecule has 0 fully saturated rings. The molecule has 0 amide bonds. The Bertz CT molecular complexity index is 1350. The molecule has 0 saturated carbocycles. The second-order valence-electron chi connectivity index (χ2n) is 7.30. The molecule has 4 aromatic rings. The number of benzene rings is 3. The summed E-state index contributed by atoms with van der Waals surface area (Å²) in [7, 11) is -0.919. The Morgan fingerprint density at radius 3 is 2.31 bits per heavy atom.